The van der Waals surface area contributed by atoms with Gasteiger partial charge >= 0.3 is 6.03 Å². The highest BCUT2D eigenvalue weighted by Crippen LogP contribution is 2.32. The monoisotopic (exact) mass is 410 g/mol. The van der Waals surface area contributed by atoms with Crippen molar-refractivity contribution in [2.24, 2.45) is 0 Å². The fourth-order valence-electron chi connectivity index (χ4n) is 3.50. The van der Waals surface area contributed by atoms with Gasteiger partial charge in [0, 0.05) is 5.56 Å². The number of barbiturate groups is 1. The van der Waals surface area contributed by atoms with E-state index in [1.807, 2.05) is 30.3 Å². The van der Waals surface area contributed by atoms with Gasteiger partial charge in [0.25, 0.3) is 11.8 Å². The number of imide groups is 2. The van der Waals surface area contributed by atoms with Crippen molar-refractivity contribution < 1.29 is 19.1 Å². The number of fused-ring (bicyclic) bond motifs is 1. The Labute approximate surface area is 179 Å². The fourth-order valence-corrected chi connectivity index (χ4v) is 3.50. The van der Waals surface area contributed by atoms with Gasteiger partial charge in [-0.05, 0) is 41.5 Å². The number of anilines is 1. The minimum atomic E-state index is -0.789. The molecular weight excluding hydrogens is 392 g/mol. The molecule has 152 valence electrons. The first kappa shape index (κ1) is 19.9. The fraction of sp³-hybridized carbons (Fsp3) is 0.0800. The Bertz CT molecular complexity index is 1300. The van der Waals surface area contributed by atoms with Crippen LogP contribution in [0.5, 0.6) is 5.75 Å². The van der Waals surface area contributed by atoms with Crippen molar-refractivity contribution in [2.45, 2.75) is 6.92 Å². The first-order valence-electron chi connectivity index (χ1n) is 9.56. The highest BCUT2D eigenvalue weighted by molar-refractivity contribution is 6.39. The summed E-state index contributed by atoms with van der Waals surface area (Å²) in [6.07, 6.45) is 6.77. The number of terminal acetylenes is 1. The number of hydrogen-bond acceptors (Lipinski definition) is 4. The number of benzene rings is 3. The number of amides is 4. The van der Waals surface area contributed by atoms with Crippen LogP contribution >= 0.6 is 0 Å². The van der Waals surface area contributed by atoms with E-state index in [4.69, 9.17) is 11.2 Å². The topological polar surface area (TPSA) is 75.7 Å². The highest BCUT2D eigenvalue weighted by Gasteiger charge is 2.37. The van der Waals surface area contributed by atoms with Crippen LogP contribution in [0.2, 0.25) is 0 Å². The number of nitrogens with one attached hydrogen (secondary N) is 1. The van der Waals surface area contributed by atoms with E-state index in [-0.39, 0.29) is 12.2 Å². The molecule has 0 bridgehead atoms. The predicted molar refractivity (Wildman–Crippen MR) is 118 cm³/mol. The Morgan fingerprint density at radius 3 is 2.55 bits per heavy atom. The van der Waals surface area contributed by atoms with E-state index in [1.165, 1.54) is 6.08 Å². The molecule has 4 rings (SSSR count). The summed E-state index contributed by atoms with van der Waals surface area (Å²) in [5.74, 6) is 1.37. The summed E-state index contributed by atoms with van der Waals surface area (Å²) in [4.78, 5) is 39.3. The maximum absolute atomic E-state index is 13.3. The molecule has 1 heterocycles. The summed E-state index contributed by atoms with van der Waals surface area (Å²) in [5, 5.41) is 3.94. The lowest BCUT2D eigenvalue weighted by Crippen LogP contribution is -2.54. The first-order chi connectivity index (χ1) is 15.0. The molecule has 1 aliphatic heterocycles. The van der Waals surface area contributed by atoms with E-state index in [2.05, 4.69) is 11.2 Å². The van der Waals surface area contributed by atoms with Crippen molar-refractivity contribution in [3.63, 3.8) is 0 Å². The second-order valence-electron chi connectivity index (χ2n) is 6.94. The number of carbonyl (C=O) groups excluding carboxylic acids is 3. The number of ether oxygens (including phenoxy) is 1. The summed E-state index contributed by atoms with van der Waals surface area (Å²) in [6.45, 7) is 1.81. The number of nitrogens with zero attached hydrogens (tertiary/aromatic N) is 1. The first-order valence-corrected chi connectivity index (χ1v) is 9.56. The Morgan fingerprint density at radius 2 is 1.77 bits per heavy atom. The van der Waals surface area contributed by atoms with E-state index in [0.29, 0.717) is 17.0 Å². The van der Waals surface area contributed by atoms with Gasteiger partial charge < -0.3 is 4.74 Å². The number of rotatable bonds is 4. The molecule has 0 radical (unpaired) electrons. The molecule has 1 N–H and O–H groups in total. The minimum absolute atomic E-state index is 0.0302. The molecule has 0 aromatic heterocycles. The van der Waals surface area contributed by atoms with Crippen molar-refractivity contribution in [1.82, 2.24) is 5.32 Å². The lowest BCUT2D eigenvalue weighted by molar-refractivity contribution is -0.122. The van der Waals surface area contributed by atoms with Crippen LogP contribution in [0.4, 0.5) is 10.5 Å². The van der Waals surface area contributed by atoms with Gasteiger partial charge in [-0.2, -0.15) is 0 Å². The molecular formula is C25H18N2O4. The van der Waals surface area contributed by atoms with Gasteiger partial charge in [-0.25, -0.2) is 9.69 Å². The molecule has 1 fully saturated rings. The third-order valence-electron chi connectivity index (χ3n) is 4.99. The number of hydrogen-bond donors (Lipinski definition) is 1. The van der Waals surface area contributed by atoms with Gasteiger partial charge in [0.1, 0.15) is 17.9 Å². The smallest absolute Gasteiger partial charge is 0.335 e. The van der Waals surface area contributed by atoms with Gasteiger partial charge in [0.15, 0.2) is 0 Å². The predicted octanol–water partition coefficient (Wildman–Crippen LogP) is 3.83. The Balaban J connectivity index is 1.88. The molecule has 3 aromatic carbocycles. The van der Waals surface area contributed by atoms with Crippen LogP contribution in [-0.4, -0.2) is 24.5 Å². The van der Waals surface area contributed by atoms with E-state index >= 15 is 0 Å². The van der Waals surface area contributed by atoms with E-state index in [9.17, 15) is 14.4 Å². The average Bonchev–Trinajstić information content (AvgIpc) is 2.76. The highest BCUT2D eigenvalue weighted by atomic mass is 16.5. The molecule has 1 aliphatic rings. The van der Waals surface area contributed by atoms with Gasteiger partial charge in [-0.1, -0.05) is 54.5 Å². The van der Waals surface area contributed by atoms with Crippen molar-refractivity contribution in [2.75, 3.05) is 11.5 Å². The lowest BCUT2D eigenvalue weighted by atomic mass is 9.99. The number of urea groups is 1. The Hall–Kier alpha value is -4.37. The van der Waals surface area contributed by atoms with Crippen LogP contribution in [0, 0.1) is 19.3 Å². The van der Waals surface area contributed by atoms with Crippen LogP contribution in [-0.2, 0) is 9.59 Å². The SMILES string of the molecule is C#CCOc1ccc2ccccc2c1/C=C1\C(=O)NC(=O)N(c2ccccc2C)C1=O. The molecule has 1 saturated heterocycles. The third-order valence-corrected chi connectivity index (χ3v) is 4.99. The molecule has 6 nitrogen and oxygen atoms in total. The van der Waals surface area contributed by atoms with Gasteiger partial charge in [0.2, 0.25) is 0 Å². The van der Waals surface area contributed by atoms with E-state index in [1.54, 1.807) is 37.3 Å². The molecule has 3 aromatic rings. The zero-order valence-corrected chi connectivity index (χ0v) is 16.7. The number of carbonyl (C=O) groups is 3. The van der Waals surface area contributed by atoms with Crippen LogP contribution < -0.4 is 15.0 Å². The minimum Gasteiger partial charge on any atom is -0.480 e. The zero-order valence-electron chi connectivity index (χ0n) is 16.7. The second-order valence-corrected chi connectivity index (χ2v) is 6.94. The van der Waals surface area contributed by atoms with Crippen molar-refractivity contribution in [1.29, 1.82) is 0 Å². The summed E-state index contributed by atoms with van der Waals surface area (Å²) in [5.41, 5.74) is 1.49. The maximum atomic E-state index is 13.3. The second kappa shape index (κ2) is 8.17. The molecule has 4 amide bonds. The lowest BCUT2D eigenvalue weighted by Gasteiger charge is -2.27. The molecule has 0 unspecified atom stereocenters. The summed E-state index contributed by atoms with van der Waals surface area (Å²) < 4.78 is 5.65. The van der Waals surface area contributed by atoms with E-state index in [0.717, 1.165) is 21.2 Å². The Kier molecular flexibility index (Phi) is 5.25. The van der Waals surface area contributed by atoms with Crippen LogP contribution in [0.3, 0.4) is 0 Å². The third kappa shape index (κ3) is 3.65. The van der Waals surface area contributed by atoms with Crippen LogP contribution in [0.15, 0.2) is 66.2 Å². The van der Waals surface area contributed by atoms with Crippen LogP contribution in [0.1, 0.15) is 11.1 Å². The van der Waals surface area contributed by atoms with Gasteiger partial charge in [-0.3, -0.25) is 14.9 Å². The van der Waals surface area contributed by atoms with Crippen molar-refractivity contribution in [3.05, 3.63) is 77.4 Å². The van der Waals surface area contributed by atoms with Gasteiger partial charge in [-0.15, -0.1) is 6.42 Å². The van der Waals surface area contributed by atoms with Crippen molar-refractivity contribution >= 4 is 40.4 Å². The maximum Gasteiger partial charge on any atom is 0.335 e. The molecule has 0 aliphatic carbocycles. The molecule has 31 heavy (non-hydrogen) atoms. The molecule has 0 spiro atoms. The normalized spacial score (nSPS) is 15.2. The average molecular weight is 410 g/mol. The number of para-hydroxylation sites is 1. The zero-order chi connectivity index (χ0) is 22.0. The summed E-state index contributed by atoms with van der Waals surface area (Å²) in [7, 11) is 0. The molecule has 0 atom stereocenters. The largest absolute Gasteiger partial charge is 0.480 e. The quantitative estimate of drug-likeness (QED) is 0.403. The standard InChI is InChI=1S/C25H18N2O4/c1-3-14-31-22-13-12-17-9-5-6-10-18(17)19(22)15-20-23(28)26-25(30)27(24(20)29)21-11-7-4-8-16(21)2/h1,4-13,15H,14H2,2H3,(H,26,28,30)/b20-15+. The molecule has 6 heteroatoms. The summed E-state index contributed by atoms with van der Waals surface area (Å²) >= 11 is 0. The molecule has 0 saturated carbocycles. The van der Waals surface area contributed by atoms with E-state index < -0.39 is 17.8 Å². The summed E-state index contributed by atoms with van der Waals surface area (Å²) in [6, 6.07) is 17.3. The number of aryl methyl sites for hydroxylation is 1. The Morgan fingerprint density at radius 1 is 1.03 bits per heavy atom. The van der Waals surface area contributed by atoms with Crippen molar-refractivity contribution in [3.8, 4) is 18.1 Å². The van der Waals surface area contributed by atoms with Crippen LogP contribution in [0.25, 0.3) is 16.8 Å². The van der Waals surface area contributed by atoms with Gasteiger partial charge in [0.05, 0.1) is 5.69 Å².